The van der Waals surface area contributed by atoms with Crippen molar-refractivity contribution in [3.8, 4) is 0 Å². The summed E-state index contributed by atoms with van der Waals surface area (Å²) in [5, 5.41) is 7.41. The monoisotopic (exact) mass is 227 g/mol. The second-order valence-electron chi connectivity index (χ2n) is 3.44. The zero-order valence-electron chi connectivity index (χ0n) is 9.37. The van der Waals surface area contributed by atoms with E-state index in [2.05, 4.69) is 23.0 Å². The molecule has 0 aliphatic carbocycles. The average molecular weight is 227 g/mol. The molecule has 0 bridgehead atoms. The van der Waals surface area contributed by atoms with Gasteiger partial charge in [-0.15, -0.1) is 0 Å². The fraction of sp³-hybridized carbons (Fsp3) is 0.545. The number of carbonyl (C=O) groups excluding carboxylic acids is 1. The van der Waals surface area contributed by atoms with Gasteiger partial charge in [-0.1, -0.05) is 6.92 Å². The maximum Gasteiger partial charge on any atom is 0.322 e. The number of hydrogen-bond acceptors (Lipinski definition) is 4. The van der Waals surface area contributed by atoms with Crippen molar-refractivity contribution < 1.29 is 9.53 Å². The largest absolute Gasteiger partial charge is 0.468 e. The number of methoxy groups -OCH3 is 1. The highest BCUT2D eigenvalue weighted by Crippen LogP contribution is 2.13. The third kappa shape index (κ3) is 3.32. The van der Waals surface area contributed by atoms with E-state index in [0.717, 1.165) is 13.0 Å². The summed E-state index contributed by atoms with van der Waals surface area (Å²) in [4.78, 5) is 11.3. The molecule has 0 radical (unpaired) electrons. The number of rotatable bonds is 5. The van der Waals surface area contributed by atoms with Crippen LogP contribution in [0.2, 0.25) is 0 Å². The number of thiophene rings is 1. The van der Waals surface area contributed by atoms with Gasteiger partial charge in [0, 0.05) is 6.54 Å². The molecule has 15 heavy (non-hydrogen) atoms. The van der Waals surface area contributed by atoms with Crippen molar-refractivity contribution in [2.45, 2.75) is 32.9 Å². The number of aryl methyl sites for hydroxylation is 1. The fourth-order valence-corrected chi connectivity index (χ4v) is 2.19. The zero-order valence-corrected chi connectivity index (χ0v) is 10.2. The van der Waals surface area contributed by atoms with Crippen LogP contribution in [0.15, 0.2) is 10.8 Å². The summed E-state index contributed by atoms with van der Waals surface area (Å²) in [6.45, 7) is 4.77. The van der Waals surface area contributed by atoms with Gasteiger partial charge in [0.05, 0.1) is 7.11 Å². The van der Waals surface area contributed by atoms with Gasteiger partial charge in [0.15, 0.2) is 0 Å². The molecule has 1 heterocycles. The Bertz CT molecular complexity index is 322. The first-order chi connectivity index (χ1) is 7.19. The third-order valence-corrected chi connectivity index (χ3v) is 3.30. The third-order valence-electron chi connectivity index (χ3n) is 2.39. The number of hydrogen-bond donors (Lipinski definition) is 1. The van der Waals surface area contributed by atoms with E-state index in [-0.39, 0.29) is 12.0 Å². The van der Waals surface area contributed by atoms with Gasteiger partial charge in [-0.25, -0.2) is 0 Å². The summed E-state index contributed by atoms with van der Waals surface area (Å²) in [5.74, 6) is -0.189. The SMILES string of the molecule is CCC(NCc1cscc1C)C(=O)OC. The van der Waals surface area contributed by atoms with Crippen molar-refractivity contribution in [1.82, 2.24) is 5.32 Å². The molecule has 0 aliphatic rings. The average Bonchev–Trinajstić information content (AvgIpc) is 2.65. The second kappa shape index (κ2) is 5.88. The Morgan fingerprint density at radius 2 is 2.33 bits per heavy atom. The van der Waals surface area contributed by atoms with Crippen LogP contribution in [0.25, 0.3) is 0 Å². The molecule has 0 aliphatic heterocycles. The van der Waals surface area contributed by atoms with Crippen LogP contribution >= 0.6 is 11.3 Å². The first kappa shape index (κ1) is 12.2. The van der Waals surface area contributed by atoms with Crippen molar-refractivity contribution in [1.29, 1.82) is 0 Å². The van der Waals surface area contributed by atoms with Gasteiger partial charge in [-0.2, -0.15) is 11.3 Å². The van der Waals surface area contributed by atoms with E-state index in [1.807, 2.05) is 6.92 Å². The van der Waals surface area contributed by atoms with Gasteiger partial charge >= 0.3 is 5.97 Å². The topological polar surface area (TPSA) is 38.3 Å². The standard InChI is InChI=1S/C11H17NO2S/c1-4-10(11(13)14-3)12-5-9-7-15-6-8(9)2/h6-7,10,12H,4-5H2,1-3H3. The van der Waals surface area contributed by atoms with Gasteiger partial charge < -0.3 is 10.1 Å². The zero-order chi connectivity index (χ0) is 11.3. The summed E-state index contributed by atoms with van der Waals surface area (Å²) in [6, 6.07) is -0.200. The van der Waals surface area contributed by atoms with Crippen LogP contribution < -0.4 is 5.32 Å². The minimum Gasteiger partial charge on any atom is -0.468 e. The summed E-state index contributed by atoms with van der Waals surface area (Å²) >= 11 is 1.68. The van der Waals surface area contributed by atoms with Gasteiger partial charge in [0.25, 0.3) is 0 Å². The van der Waals surface area contributed by atoms with Crippen LogP contribution in [0.5, 0.6) is 0 Å². The molecule has 1 rings (SSSR count). The lowest BCUT2D eigenvalue weighted by atomic mass is 10.2. The Morgan fingerprint density at radius 1 is 1.60 bits per heavy atom. The molecule has 1 unspecified atom stereocenters. The van der Waals surface area contributed by atoms with Crippen LogP contribution in [0.1, 0.15) is 24.5 Å². The van der Waals surface area contributed by atoms with Crippen LogP contribution in [0, 0.1) is 6.92 Å². The van der Waals surface area contributed by atoms with E-state index in [1.165, 1.54) is 18.2 Å². The van der Waals surface area contributed by atoms with E-state index in [1.54, 1.807) is 11.3 Å². The van der Waals surface area contributed by atoms with Crippen molar-refractivity contribution in [2.75, 3.05) is 7.11 Å². The lowest BCUT2D eigenvalue weighted by Crippen LogP contribution is -2.36. The van der Waals surface area contributed by atoms with Crippen LogP contribution in [0.3, 0.4) is 0 Å². The molecule has 1 aromatic heterocycles. The molecular formula is C11H17NO2S. The Kier molecular flexibility index (Phi) is 4.78. The molecule has 0 aromatic carbocycles. The normalized spacial score (nSPS) is 12.5. The lowest BCUT2D eigenvalue weighted by Gasteiger charge is -2.14. The van der Waals surface area contributed by atoms with E-state index in [0.29, 0.717) is 0 Å². The molecule has 1 N–H and O–H groups in total. The molecule has 0 saturated carbocycles. The van der Waals surface area contributed by atoms with E-state index >= 15 is 0 Å². The number of ether oxygens (including phenoxy) is 1. The Morgan fingerprint density at radius 3 is 2.80 bits per heavy atom. The molecule has 3 nitrogen and oxygen atoms in total. The van der Waals surface area contributed by atoms with Crippen molar-refractivity contribution in [3.63, 3.8) is 0 Å². The van der Waals surface area contributed by atoms with E-state index in [9.17, 15) is 4.79 Å². The van der Waals surface area contributed by atoms with Gasteiger partial charge in [-0.3, -0.25) is 4.79 Å². The first-order valence-corrected chi connectivity index (χ1v) is 5.96. The summed E-state index contributed by atoms with van der Waals surface area (Å²) in [7, 11) is 1.42. The molecule has 0 fully saturated rings. The Labute approximate surface area is 94.5 Å². The van der Waals surface area contributed by atoms with Crippen molar-refractivity contribution in [2.24, 2.45) is 0 Å². The molecule has 1 atom stereocenters. The molecule has 0 amide bonds. The minimum atomic E-state index is -0.200. The highest BCUT2D eigenvalue weighted by atomic mass is 32.1. The maximum absolute atomic E-state index is 11.3. The predicted octanol–water partition coefficient (Wildman–Crippen LogP) is 2.10. The van der Waals surface area contributed by atoms with E-state index in [4.69, 9.17) is 4.74 Å². The summed E-state index contributed by atoms with van der Waals surface area (Å²) in [6.07, 6.45) is 0.746. The van der Waals surface area contributed by atoms with Crippen molar-refractivity contribution >= 4 is 17.3 Å². The van der Waals surface area contributed by atoms with E-state index < -0.39 is 0 Å². The second-order valence-corrected chi connectivity index (χ2v) is 4.19. The summed E-state index contributed by atoms with van der Waals surface area (Å²) < 4.78 is 4.70. The van der Waals surface area contributed by atoms with Crippen LogP contribution in [0.4, 0.5) is 0 Å². The highest BCUT2D eigenvalue weighted by Gasteiger charge is 2.16. The lowest BCUT2D eigenvalue weighted by molar-refractivity contribution is -0.143. The molecule has 0 spiro atoms. The molecular weight excluding hydrogens is 210 g/mol. The smallest absolute Gasteiger partial charge is 0.322 e. The number of esters is 1. The Hall–Kier alpha value is -0.870. The summed E-state index contributed by atoms with van der Waals surface area (Å²) in [5.41, 5.74) is 2.52. The number of carbonyl (C=O) groups is 1. The van der Waals surface area contributed by atoms with Crippen LogP contribution in [-0.2, 0) is 16.1 Å². The minimum absolute atomic E-state index is 0.189. The fourth-order valence-electron chi connectivity index (χ4n) is 1.34. The van der Waals surface area contributed by atoms with Gasteiger partial charge in [-0.05, 0) is 35.2 Å². The van der Waals surface area contributed by atoms with Crippen LogP contribution in [-0.4, -0.2) is 19.1 Å². The highest BCUT2D eigenvalue weighted by molar-refractivity contribution is 7.08. The quantitative estimate of drug-likeness (QED) is 0.783. The molecule has 84 valence electrons. The van der Waals surface area contributed by atoms with Crippen molar-refractivity contribution in [3.05, 3.63) is 21.9 Å². The number of nitrogens with one attached hydrogen (secondary N) is 1. The first-order valence-electron chi connectivity index (χ1n) is 5.02. The molecule has 4 heteroatoms. The predicted molar refractivity (Wildman–Crippen MR) is 62.0 cm³/mol. The van der Waals surface area contributed by atoms with Gasteiger partial charge in [0.1, 0.15) is 6.04 Å². The molecule has 1 aromatic rings. The maximum atomic E-state index is 11.3. The van der Waals surface area contributed by atoms with Gasteiger partial charge in [0.2, 0.25) is 0 Å². The Balaban J connectivity index is 2.48. The molecule has 0 saturated heterocycles.